The Balaban J connectivity index is 1.01. The van der Waals surface area contributed by atoms with E-state index in [-0.39, 0.29) is 0 Å². The first-order valence-corrected chi connectivity index (χ1v) is 22.0. The van der Waals surface area contributed by atoms with Gasteiger partial charge in [0.1, 0.15) is 0 Å². The van der Waals surface area contributed by atoms with Crippen LogP contribution in [0.4, 0.5) is 17.1 Å². The van der Waals surface area contributed by atoms with E-state index in [1.807, 2.05) is 0 Å². The normalized spacial score (nSPS) is 17.1. The van der Waals surface area contributed by atoms with Gasteiger partial charge in [0.05, 0.1) is 11.0 Å². The molecule has 1 aromatic heterocycles. The minimum atomic E-state index is 0.421. The van der Waals surface area contributed by atoms with Gasteiger partial charge in [0.15, 0.2) is 0 Å². The van der Waals surface area contributed by atoms with Crippen molar-refractivity contribution in [3.63, 3.8) is 0 Å². The lowest BCUT2D eigenvalue weighted by atomic mass is 9.77. The fourth-order valence-corrected chi connectivity index (χ4v) is 11.1. The minimum absolute atomic E-state index is 0.421. The van der Waals surface area contributed by atoms with Crippen LogP contribution in [0, 0.1) is 5.92 Å². The Labute approximate surface area is 358 Å². The average molecular weight is 783 g/mol. The van der Waals surface area contributed by atoms with Crippen molar-refractivity contribution in [1.82, 2.24) is 4.57 Å². The van der Waals surface area contributed by atoms with Gasteiger partial charge in [-0.1, -0.05) is 158 Å². The first kappa shape index (κ1) is 35.8. The summed E-state index contributed by atoms with van der Waals surface area (Å²) in [5.74, 6) is 0.942. The van der Waals surface area contributed by atoms with Gasteiger partial charge in [-0.25, -0.2) is 0 Å². The van der Waals surface area contributed by atoms with E-state index in [9.17, 15) is 0 Å². The van der Waals surface area contributed by atoms with E-state index in [0.29, 0.717) is 5.41 Å². The highest BCUT2D eigenvalue weighted by Gasteiger charge is 2.45. The number of fused-ring (bicyclic) bond motifs is 6. The molecule has 0 spiro atoms. The maximum Gasteiger partial charge on any atom is 0.0561 e. The Morgan fingerprint density at radius 3 is 1.74 bits per heavy atom. The molecule has 292 valence electrons. The lowest BCUT2D eigenvalue weighted by molar-refractivity contribution is 0.419. The molecule has 1 heterocycles. The molecule has 0 aliphatic heterocycles. The predicted molar refractivity (Wildman–Crippen MR) is 258 cm³/mol. The maximum absolute atomic E-state index is 2.43. The van der Waals surface area contributed by atoms with E-state index in [1.54, 1.807) is 5.56 Å². The highest BCUT2D eigenvalue weighted by molar-refractivity contribution is 6.11. The Kier molecular flexibility index (Phi) is 8.52. The zero-order chi connectivity index (χ0) is 40.3. The van der Waals surface area contributed by atoms with Crippen LogP contribution >= 0.6 is 0 Å². The summed E-state index contributed by atoms with van der Waals surface area (Å²) in [5.41, 5.74) is 16.2. The van der Waals surface area contributed by atoms with Crippen molar-refractivity contribution in [2.75, 3.05) is 4.90 Å². The van der Waals surface area contributed by atoms with Crippen molar-refractivity contribution < 1.29 is 0 Å². The van der Waals surface area contributed by atoms with Crippen LogP contribution in [0.1, 0.15) is 37.7 Å². The summed E-state index contributed by atoms with van der Waals surface area (Å²) in [5, 5.41) is 5.00. The number of para-hydroxylation sites is 2. The number of aromatic nitrogens is 1. The summed E-state index contributed by atoms with van der Waals surface area (Å²) in [4.78, 5) is 2.43. The summed E-state index contributed by atoms with van der Waals surface area (Å²) < 4.78 is 2.41. The Hall–Kier alpha value is -7.16. The van der Waals surface area contributed by atoms with Gasteiger partial charge in [-0.05, 0) is 148 Å². The molecule has 0 amide bonds. The Bertz CT molecular complexity index is 3200. The van der Waals surface area contributed by atoms with Gasteiger partial charge < -0.3 is 9.47 Å². The van der Waals surface area contributed by atoms with Gasteiger partial charge in [-0.15, -0.1) is 0 Å². The number of nitrogens with zero attached hydrogens (tertiary/aromatic N) is 2. The molecule has 0 saturated heterocycles. The molecule has 0 unspecified atom stereocenters. The first-order valence-electron chi connectivity index (χ1n) is 22.0. The van der Waals surface area contributed by atoms with Crippen LogP contribution in [0.15, 0.2) is 212 Å². The zero-order valence-corrected chi connectivity index (χ0v) is 34.2. The van der Waals surface area contributed by atoms with Crippen LogP contribution in [-0.2, 0) is 5.41 Å². The highest BCUT2D eigenvalue weighted by Crippen LogP contribution is 2.55. The third-order valence-corrected chi connectivity index (χ3v) is 14.0. The highest BCUT2D eigenvalue weighted by atomic mass is 15.1. The zero-order valence-electron chi connectivity index (χ0n) is 34.2. The smallest absolute Gasteiger partial charge is 0.0561 e. The van der Waals surface area contributed by atoms with E-state index in [1.165, 1.54) is 98.1 Å². The molecule has 2 bridgehead atoms. The number of hydrogen-bond donors (Lipinski definition) is 0. The maximum atomic E-state index is 2.43. The van der Waals surface area contributed by atoms with E-state index in [4.69, 9.17) is 0 Å². The summed E-state index contributed by atoms with van der Waals surface area (Å²) in [7, 11) is 0. The Morgan fingerprint density at radius 1 is 0.426 bits per heavy atom. The molecule has 2 fully saturated rings. The second-order valence-electron chi connectivity index (χ2n) is 17.4. The molecular formula is C59H46N2. The second-order valence-corrected chi connectivity index (χ2v) is 17.4. The van der Waals surface area contributed by atoms with Gasteiger partial charge in [0.2, 0.25) is 0 Å². The summed E-state index contributed by atoms with van der Waals surface area (Å²) in [6.07, 6.45) is 6.90. The Morgan fingerprint density at radius 2 is 1.02 bits per heavy atom. The van der Waals surface area contributed by atoms with Crippen molar-refractivity contribution in [1.29, 1.82) is 0 Å². The van der Waals surface area contributed by atoms with Gasteiger partial charge in [-0.3, -0.25) is 0 Å². The van der Waals surface area contributed by atoms with Crippen LogP contribution in [-0.4, -0.2) is 4.57 Å². The molecule has 9 aromatic carbocycles. The molecule has 2 nitrogen and oxygen atoms in total. The standard InChI is InChI=1S/C59H46N2/c1-3-12-44(13-4-1)52-21-10-14-45-15-11-22-53(58(45)52)46-16-9-19-50(38-46)60(49-30-26-43(27-31-49)42-24-28-47(29-25-42)59-36-34-41(40-59)35-37-59)51-32-33-55-54-20-7-8-23-56(54)61(57(55)39-51)48-17-5-2-6-18-48/h1-33,38-39,41H,34-37,40H2. The number of rotatable bonds is 8. The number of hydrogen-bond acceptors (Lipinski definition) is 1. The van der Waals surface area contributed by atoms with Crippen molar-refractivity contribution >= 4 is 49.6 Å². The monoisotopic (exact) mass is 782 g/mol. The van der Waals surface area contributed by atoms with Gasteiger partial charge in [0, 0.05) is 33.5 Å². The van der Waals surface area contributed by atoms with Crippen LogP contribution < -0.4 is 4.90 Å². The molecule has 2 heteroatoms. The fourth-order valence-electron chi connectivity index (χ4n) is 11.1. The largest absolute Gasteiger partial charge is 0.310 e. The third kappa shape index (κ3) is 6.08. The lowest BCUT2D eigenvalue weighted by Gasteiger charge is -2.27. The summed E-state index contributed by atoms with van der Waals surface area (Å²) in [6, 6.07) is 78.5. The molecule has 0 atom stereocenters. The van der Waals surface area contributed by atoms with Gasteiger partial charge in [0.25, 0.3) is 0 Å². The van der Waals surface area contributed by atoms with Gasteiger partial charge >= 0.3 is 0 Å². The molecule has 2 aliphatic carbocycles. The van der Waals surface area contributed by atoms with E-state index in [0.717, 1.165) is 28.7 Å². The van der Waals surface area contributed by atoms with E-state index >= 15 is 0 Å². The van der Waals surface area contributed by atoms with Gasteiger partial charge in [-0.2, -0.15) is 0 Å². The second kappa shape index (κ2) is 14.5. The average Bonchev–Trinajstić information content (AvgIpc) is 4.05. The molecule has 61 heavy (non-hydrogen) atoms. The van der Waals surface area contributed by atoms with E-state index < -0.39 is 0 Å². The van der Waals surface area contributed by atoms with Crippen molar-refractivity contribution in [3.05, 3.63) is 218 Å². The minimum Gasteiger partial charge on any atom is -0.310 e. The number of anilines is 3. The van der Waals surface area contributed by atoms with Crippen molar-refractivity contribution in [2.45, 2.75) is 37.5 Å². The molecule has 12 rings (SSSR count). The summed E-state index contributed by atoms with van der Waals surface area (Å²) >= 11 is 0. The molecule has 2 saturated carbocycles. The molecule has 2 aliphatic rings. The predicted octanol–water partition coefficient (Wildman–Crippen LogP) is 16.2. The molecule has 10 aromatic rings. The molecular weight excluding hydrogens is 737 g/mol. The SMILES string of the molecule is c1ccc(-c2cccc3cccc(-c4cccc(N(c5ccc(-c6ccc(C78CCC(CC7)C8)cc6)cc5)c5ccc6c7ccccc7n(-c7ccccc7)c6c5)c4)c23)cc1. The summed E-state index contributed by atoms with van der Waals surface area (Å²) in [6.45, 7) is 0. The quantitative estimate of drug-likeness (QED) is 0.149. The fraction of sp³-hybridized carbons (Fsp3) is 0.119. The van der Waals surface area contributed by atoms with E-state index in [2.05, 4.69) is 222 Å². The molecule has 0 radical (unpaired) electrons. The lowest BCUT2D eigenvalue weighted by Crippen LogP contribution is -2.19. The number of benzene rings is 9. The van der Waals surface area contributed by atoms with Crippen LogP contribution in [0.3, 0.4) is 0 Å². The third-order valence-electron chi connectivity index (χ3n) is 14.0. The first-order chi connectivity index (χ1) is 30.2. The topological polar surface area (TPSA) is 8.17 Å². The van der Waals surface area contributed by atoms with Crippen molar-refractivity contribution in [3.8, 4) is 39.1 Å². The van der Waals surface area contributed by atoms with Crippen LogP contribution in [0.2, 0.25) is 0 Å². The van der Waals surface area contributed by atoms with Crippen LogP contribution in [0.25, 0.3) is 71.6 Å². The molecule has 0 N–H and O–H groups in total. The van der Waals surface area contributed by atoms with Crippen LogP contribution in [0.5, 0.6) is 0 Å². The van der Waals surface area contributed by atoms with Crippen molar-refractivity contribution in [2.24, 2.45) is 5.92 Å².